The van der Waals surface area contributed by atoms with Gasteiger partial charge >= 0.3 is 0 Å². The maximum absolute atomic E-state index is 6.82. The van der Waals surface area contributed by atoms with Gasteiger partial charge in [0.1, 0.15) is 0 Å². The minimum Gasteiger partial charge on any atom is -0.409 e. The van der Waals surface area contributed by atoms with E-state index in [1.54, 1.807) is 12.4 Å². The molecule has 1 unspecified atom stereocenters. The molecule has 1 aliphatic rings. The number of rotatable bonds is 10. The smallest absolute Gasteiger partial charge is 0.192 e. The van der Waals surface area contributed by atoms with Crippen molar-refractivity contribution < 1.29 is 4.43 Å². The topological polar surface area (TPSA) is 34.1 Å². The van der Waals surface area contributed by atoms with Crippen molar-refractivity contribution in [3.8, 4) is 0 Å². The second-order valence-corrected chi connectivity index (χ2v) is 14.6. The van der Waals surface area contributed by atoms with Gasteiger partial charge in [-0.15, -0.1) is 0 Å². The summed E-state index contributed by atoms with van der Waals surface area (Å²) < 4.78 is 6.82. The van der Waals surface area contributed by atoms with Crippen LogP contribution in [0.5, 0.6) is 0 Å². The van der Waals surface area contributed by atoms with Gasteiger partial charge in [-0.25, -0.2) is 0 Å². The molecule has 1 aromatic heterocycles. The molecular formula is C21H36Cl2N2OSi. The van der Waals surface area contributed by atoms with Gasteiger partial charge in [0.25, 0.3) is 0 Å². The zero-order chi connectivity index (χ0) is 20.5. The lowest BCUT2D eigenvalue weighted by atomic mass is 10.0. The Bertz CT molecular complexity index is 605. The molecule has 0 saturated heterocycles. The van der Waals surface area contributed by atoms with Crippen LogP contribution in [0.3, 0.4) is 0 Å². The Kier molecular flexibility index (Phi) is 7.46. The van der Waals surface area contributed by atoms with E-state index in [-0.39, 0.29) is 6.10 Å². The zero-order valence-electron chi connectivity index (χ0n) is 18.0. The molecule has 2 rings (SSSR count). The molecule has 0 amide bonds. The van der Waals surface area contributed by atoms with Gasteiger partial charge in [0.05, 0.1) is 16.1 Å². The summed E-state index contributed by atoms with van der Waals surface area (Å²) in [6.07, 6.45) is 3.20. The van der Waals surface area contributed by atoms with Crippen LogP contribution in [0.25, 0.3) is 0 Å². The fourth-order valence-electron chi connectivity index (χ4n) is 4.44. The van der Waals surface area contributed by atoms with Crippen molar-refractivity contribution in [2.75, 3.05) is 13.1 Å². The second kappa shape index (κ2) is 8.70. The quantitative estimate of drug-likeness (QED) is 0.418. The van der Waals surface area contributed by atoms with Crippen LogP contribution in [0.15, 0.2) is 12.4 Å². The summed E-state index contributed by atoms with van der Waals surface area (Å²) in [7, 11) is -1.81. The van der Waals surface area contributed by atoms with E-state index in [1.165, 1.54) is 0 Å². The van der Waals surface area contributed by atoms with Gasteiger partial charge < -0.3 is 9.74 Å². The van der Waals surface area contributed by atoms with E-state index in [4.69, 9.17) is 27.6 Å². The predicted molar refractivity (Wildman–Crippen MR) is 119 cm³/mol. The van der Waals surface area contributed by atoms with Crippen molar-refractivity contribution in [2.45, 2.75) is 72.7 Å². The lowest BCUT2D eigenvalue weighted by Crippen LogP contribution is -2.40. The minimum absolute atomic E-state index is 0.135. The van der Waals surface area contributed by atoms with E-state index in [9.17, 15) is 0 Å². The van der Waals surface area contributed by atoms with Crippen LogP contribution in [0.2, 0.25) is 28.2 Å². The van der Waals surface area contributed by atoms with Crippen LogP contribution in [-0.2, 0) is 4.43 Å². The summed E-state index contributed by atoms with van der Waals surface area (Å²) >= 11 is 13.0. The van der Waals surface area contributed by atoms with Gasteiger partial charge in [0.2, 0.25) is 0 Å². The average Bonchev–Trinajstić information content (AvgIpc) is 3.01. The zero-order valence-corrected chi connectivity index (χ0v) is 20.5. The summed E-state index contributed by atoms with van der Waals surface area (Å²) in [5.41, 5.74) is 1.62. The molecule has 154 valence electrons. The van der Waals surface area contributed by atoms with Crippen LogP contribution in [0.4, 0.5) is 0 Å². The molecule has 1 aliphatic carbocycles. The number of pyridine rings is 1. The minimum atomic E-state index is -1.81. The van der Waals surface area contributed by atoms with Crippen molar-refractivity contribution in [3.63, 3.8) is 0 Å². The lowest BCUT2D eigenvalue weighted by Gasteiger charge is -2.34. The molecule has 0 aliphatic heterocycles. The van der Waals surface area contributed by atoms with Crippen molar-refractivity contribution >= 4 is 31.5 Å². The summed E-state index contributed by atoms with van der Waals surface area (Å²) in [5, 5.41) is 4.85. The Balaban J connectivity index is 2.18. The van der Waals surface area contributed by atoms with Gasteiger partial charge in [0.15, 0.2) is 8.32 Å². The van der Waals surface area contributed by atoms with E-state index < -0.39 is 8.32 Å². The van der Waals surface area contributed by atoms with E-state index in [0.717, 1.165) is 36.8 Å². The third kappa shape index (κ3) is 4.56. The van der Waals surface area contributed by atoms with Crippen molar-refractivity contribution in [2.24, 2.45) is 16.7 Å². The Labute approximate surface area is 176 Å². The summed E-state index contributed by atoms with van der Waals surface area (Å²) in [6, 6.07) is 3.29. The third-order valence-electron chi connectivity index (χ3n) is 7.54. The fraction of sp³-hybridized carbons (Fsp3) is 0.762. The Hall–Kier alpha value is -0.133. The normalized spacial score (nSPS) is 19.9. The maximum atomic E-state index is 6.82. The van der Waals surface area contributed by atoms with Crippen LogP contribution >= 0.6 is 23.2 Å². The molecule has 1 fully saturated rings. The maximum Gasteiger partial charge on any atom is 0.192 e. The van der Waals surface area contributed by atoms with E-state index in [1.807, 2.05) is 0 Å². The highest BCUT2D eigenvalue weighted by molar-refractivity contribution is 6.73. The highest BCUT2D eigenvalue weighted by Crippen LogP contribution is 2.67. The molecule has 3 nitrogen and oxygen atoms in total. The summed E-state index contributed by atoms with van der Waals surface area (Å²) in [6.45, 7) is 17.9. The van der Waals surface area contributed by atoms with Crippen LogP contribution in [-0.4, -0.2) is 26.4 Å². The van der Waals surface area contributed by atoms with Gasteiger partial charge in [-0.3, -0.25) is 4.98 Å². The lowest BCUT2D eigenvalue weighted by molar-refractivity contribution is 0.185. The predicted octanol–water partition coefficient (Wildman–Crippen LogP) is 6.72. The van der Waals surface area contributed by atoms with E-state index in [2.05, 4.69) is 58.8 Å². The van der Waals surface area contributed by atoms with Gasteiger partial charge in [0, 0.05) is 24.5 Å². The number of halogens is 2. The molecule has 1 heterocycles. The first kappa shape index (κ1) is 23.1. The average molecular weight is 432 g/mol. The SMILES string of the molecule is CC[Si](CC)(CC)OC(CNCC1C(C)(C)C1(C)C)c1c(Cl)cncc1Cl. The molecule has 0 radical (unpaired) electrons. The molecule has 27 heavy (non-hydrogen) atoms. The van der Waals surface area contributed by atoms with Crippen LogP contribution in [0.1, 0.15) is 60.1 Å². The Morgan fingerprint density at radius 3 is 1.93 bits per heavy atom. The standard InChI is InChI=1S/C21H36Cl2N2OSi/c1-8-27(9-2,10-3)26-17(19-15(22)11-24-12-16(19)23)13-25-14-18-20(4,5)21(18,6)7/h11-12,17-18,25H,8-10,13-14H2,1-7H3. The summed E-state index contributed by atoms with van der Waals surface area (Å²) in [5.74, 6) is 0.666. The second-order valence-electron chi connectivity index (χ2n) is 9.02. The molecule has 1 saturated carbocycles. The number of aromatic nitrogens is 1. The molecule has 1 atom stereocenters. The molecule has 0 aromatic carbocycles. The van der Waals surface area contributed by atoms with Gasteiger partial charge in [-0.1, -0.05) is 71.7 Å². The van der Waals surface area contributed by atoms with Crippen LogP contribution in [0, 0.1) is 16.7 Å². The third-order valence-corrected chi connectivity index (χ3v) is 12.8. The van der Waals surface area contributed by atoms with Crippen molar-refractivity contribution in [3.05, 3.63) is 28.0 Å². The van der Waals surface area contributed by atoms with Crippen molar-refractivity contribution in [1.29, 1.82) is 0 Å². The number of hydrogen-bond donors (Lipinski definition) is 1. The molecule has 6 heteroatoms. The highest BCUT2D eigenvalue weighted by atomic mass is 35.5. The number of nitrogens with one attached hydrogen (secondary N) is 1. The first-order valence-corrected chi connectivity index (χ1v) is 13.5. The molecule has 0 bridgehead atoms. The molecular weight excluding hydrogens is 395 g/mol. The Morgan fingerprint density at radius 1 is 1.04 bits per heavy atom. The fourth-order valence-corrected chi connectivity index (χ4v) is 7.85. The summed E-state index contributed by atoms with van der Waals surface area (Å²) in [4.78, 5) is 4.11. The van der Waals surface area contributed by atoms with Crippen molar-refractivity contribution in [1.82, 2.24) is 10.3 Å². The number of nitrogens with zero attached hydrogens (tertiary/aromatic N) is 1. The largest absolute Gasteiger partial charge is 0.409 e. The first-order chi connectivity index (χ1) is 12.6. The monoisotopic (exact) mass is 430 g/mol. The van der Waals surface area contributed by atoms with E-state index in [0.29, 0.717) is 26.8 Å². The number of hydrogen-bond acceptors (Lipinski definition) is 3. The molecule has 1 N–H and O–H groups in total. The van der Waals surface area contributed by atoms with Crippen LogP contribution < -0.4 is 5.32 Å². The molecule has 1 aromatic rings. The Morgan fingerprint density at radius 2 is 1.52 bits per heavy atom. The highest BCUT2D eigenvalue weighted by Gasteiger charge is 2.63. The van der Waals surface area contributed by atoms with E-state index >= 15 is 0 Å². The molecule has 0 spiro atoms. The van der Waals surface area contributed by atoms with Gasteiger partial charge in [-0.2, -0.15) is 0 Å². The first-order valence-electron chi connectivity index (χ1n) is 10.2. The van der Waals surface area contributed by atoms with Gasteiger partial charge in [-0.05, 0) is 41.4 Å².